The number of rotatable bonds is 2. The van der Waals surface area contributed by atoms with Crippen molar-refractivity contribution < 1.29 is 0 Å². The quantitative estimate of drug-likeness (QED) is 0.773. The molecule has 4 heteroatoms. The standard InChI is InChI=1S/C10H10N4/c1-11-10-13-6-4-9(14-10)8-3-2-5-12-7-8/h2-7H,1H3,(H,11,13,14). The lowest BCUT2D eigenvalue weighted by atomic mass is 10.2. The molecular weight excluding hydrogens is 176 g/mol. The fourth-order valence-corrected chi connectivity index (χ4v) is 1.15. The average molecular weight is 186 g/mol. The second kappa shape index (κ2) is 3.83. The smallest absolute Gasteiger partial charge is 0.222 e. The minimum absolute atomic E-state index is 0.617. The zero-order chi connectivity index (χ0) is 9.80. The number of hydrogen-bond acceptors (Lipinski definition) is 4. The number of hydrogen-bond donors (Lipinski definition) is 1. The number of anilines is 1. The number of nitrogens with zero attached hydrogens (tertiary/aromatic N) is 3. The number of nitrogens with one attached hydrogen (secondary N) is 1. The molecule has 0 spiro atoms. The van der Waals surface area contributed by atoms with Crippen LogP contribution < -0.4 is 5.32 Å². The molecule has 70 valence electrons. The molecule has 0 fully saturated rings. The molecule has 2 heterocycles. The summed E-state index contributed by atoms with van der Waals surface area (Å²) in [5, 5.41) is 2.89. The van der Waals surface area contributed by atoms with Crippen LogP contribution >= 0.6 is 0 Å². The van der Waals surface area contributed by atoms with Crippen molar-refractivity contribution in [2.75, 3.05) is 12.4 Å². The van der Waals surface area contributed by atoms with E-state index in [1.165, 1.54) is 0 Å². The molecule has 0 aliphatic carbocycles. The van der Waals surface area contributed by atoms with Gasteiger partial charge in [0.05, 0.1) is 5.69 Å². The molecule has 1 N–H and O–H groups in total. The number of pyridine rings is 1. The van der Waals surface area contributed by atoms with Crippen molar-refractivity contribution in [2.24, 2.45) is 0 Å². The molecule has 0 aromatic carbocycles. The summed E-state index contributed by atoms with van der Waals surface area (Å²) >= 11 is 0. The van der Waals surface area contributed by atoms with Crippen LogP contribution in [0.15, 0.2) is 36.8 Å². The fraction of sp³-hybridized carbons (Fsp3) is 0.100. The third kappa shape index (κ3) is 1.69. The maximum Gasteiger partial charge on any atom is 0.222 e. The lowest BCUT2D eigenvalue weighted by molar-refractivity contribution is 1.15. The van der Waals surface area contributed by atoms with Gasteiger partial charge < -0.3 is 5.32 Å². The molecule has 0 bridgehead atoms. The first-order valence-electron chi connectivity index (χ1n) is 4.31. The molecular formula is C10H10N4. The summed E-state index contributed by atoms with van der Waals surface area (Å²) in [4.78, 5) is 12.4. The largest absolute Gasteiger partial charge is 0.357 e. The van der Waals surface area contributed by atoms with Gasteiger partial charge in [-0.1, -0.05) is 0 Å². The van der Waals surface area contributed by atoms with Gasteiger partial charge in [-0.3, -0.25) is 4.98 Å². The van der Waals surface area contributed by atoms with Gasteiger partial charge in [0.25, 0.3) is 0 Å². The number of aromatic nitrogens is 3. The highest BCUT2D eigenvalue weighted by molar-refractivity contribution is 5.58. The third-order valence-electron chi connectivity index (χ3n) is 1.84. The molecule has 2 rings (SSSR count). The van der Waals surface area contributed by atoms with Gasteiger partial charge in [-0.15, -0.1) is 0 Å². The van der Waals surface area contributed by atoms with Crippen LogP contribution in [0.1, 0.15) is 0 Å². The topological polar surface area (TPSA) is 50.7 Å². The summed E-state index contributed by atoms with van der Waals surface area (Å²) in [6.45, 7) is 0. The monoisotopic (exact) mass is 186 g/mol. The third-order valence-corrected chi connectivity index (χ3v) is 1.84. The summed E-state index contributed by atoms with van der Waals surface area (Å²) in [6, 6.07) is 5.71. The molecule has 2 aromatic rings. The highest BCUT2D eigenvalue weighted by atomic mass is 15.1. The molecule has 0 atom stereocenters. The van der Waals surface area contributed by atoms with Crippen LogP contribution in [0.5, 0.6) is 0 Å². The molecule has 4 nitrogen and oxygen atoms in total. The first kappa shape index (κ1) is 8.62. The molecule has 0 aliphatic rings. The minimum Gasteiger partial charge on any atom is -0.357 e. The Morgan fingerprint density at radius 1 is 1.21 bits per heavy atom. The Morgan fingerprint density at radius 3 is 2.86 bits per heavy atom. The zero-order valence-electron chi connectivity index (χ0n) is 7.81. The zero-order valence-corrected chi connectivity index (χ0v) is 7.81. The average Bonchev–Trinajstić information content (AvgIpc) is 2.30. The van der Waals surface area contributed by atoms with Gasteiger partial charge in [0.1, 0.15) is 0 Å². The Balaban J connectivity index is 2.42. The van der Waals surface area contributed by atoms with Crippen LogP contribution in [0, 0.1) is 0 Å². The van der Waals surface area contributed by atoms with Crippen molar-refractivity contribution in [2.45, 2.75) is 0 Å². The van der Waals surface area contributed by atoms with E-state index >= 15 is 0 Å². The molecule has 0 amide bonds. The van der Waals surface area contributed by atoms with E-state index in [-0.39, 0.29) is 0 Å². The molecule has 0 radical (unpaired) electrons. The predicted octanol–water partition coefficient (Wildman–Crippen LogP) is 1.58. The van der Waals surface area contributed by atoms with E-state index in [1.54, 1.807) is 25.6 Å². The highest BCUT2D eigenvalue weighted by Crippen LogP contribution is 2.15. The molecule has 0 aliphatic heterocycles. The maximum atomic E-state index is 4.30. The first-order chi connectivity index (χ1) is 6.90. The van der Waals surface area contributed by atoms with Crippen LogP contribution in [-0.2, 0) is 0 Å². The summed E-state index contributed by atoms with van der Waals surface area (Å²) in [7, 11) is 1.79. The van der Waals surface area contributed by atoms with Gasteiger partial charge in [-0.2, -0.15) is 0 Å². The Kier molecular flexibility index (Phi) is 2.36. The molecule has 2 aromatic heterocycles. The Morgan fingerprint density at radius 2 is 2.14 bits per heavy atom. The van der Waals surface area contributed by atoms with Crippen molar-refractivity contribution in [3.63, 3.8) is 0 Å². The van der Waals surface area contributed by atoms with E-state index in [0.29, 0.717) is 5.95 Å². The van der Waals surface area contributed by atoms with E-state index in [1.807, 2.05) is 18.2 Å². The predicted molar refractivity (Wildman–Crippen MR) is 54.8 cm³/mol. The summed E-state index contributed by atoms with van der Waals surface area (Å²) in [5.74, 6) is 0.617. The second-order valence-corrected chi connectivity index (χ2v) is 2.76. The van der Waals surface area contributed by atoms with Gasteiger partial charge in [0.15, 0.2) is 0 Å². The van der Waals surface area contributed by atoms with E-state index in [2.05, 4.69) is 20.3 Å². The van der Waals surface area contributed by atoms with E-state index in [0.717, 1.165) is 11.3 Å². The summed E-state index contributed by atoms with van der Waals surface area (Å²) in [6.07, 6.45) is 5.24. The van der Waals surface area contributed by atoms with Crippen molar-refractivity contribution in [1.82, 2.24) is 15.0 Å². The Bertz CT molecular complexity index is 413. The van der Waals surface area contributed by atoms with Gasteiger partial charge >= 0.3 is 0 Å². The lowest BCUT2D eigenvalue weighted by Crippen LogP contribution is -1.96. The van der Waals surface area contributed by atoms with E-state index < -0.39 is 0 Å². The maximum absolute atomic E-state index is 4.30. The van der Waals surface area contributed by atoms with Crippen molar-refractivity contribution >= 4 is 5.95 Å². The van der Waals surface area contributed by atoms with Crippen LogP contribution in [0.2, 0.25) is 0 Å². The van der Waals surface area contributed by atoms with E-state index in [4.69, 9.17) is 0 Å². The molecule has 0 saturated heterocycles. The fourth-order valence-electron chi connectivity index (χ4n) is 1.15. The Labute approximate surface area is 82.1 Å². The van der Waals surface area contributed by atoms with Gasteiger partial charge in [0, 0.05) is 31.2 Å². The normalized spacial score (nSPS) is 9.79. The van der Waals surface area contributed by atoms with Gasteiger partial charge in [0.2, 0.25) is 5.95 Å². The van der Waals surface area contributed by atoms with Crippen LogP contribution in [0.25, 0.3) is 11.3 Å². The van der Waals surface area contributed by atoms with Gasteiger partial charge in [-0.05, 0) is 18.2 Å². The Hall–Kier alpha value is -1.97. The lowest BCUT2D eigenvalue weighted by Gasteiger charge is -2.01. The van der Waals surface area contributed by atoms with Crippen molar-refractivity contribution in [1.29, 1.82) is 0 Å². The molecule has 0 unspecified atom stereocenters. The first-order valence-corrected chi connectivity index (χ1v) is 4.31. The van der Waals surface area contributed by atoms with Crippen LogP contribution in [0.3, 0.4) is 0 Å². The van der Waals surface area contributed by atoms with Crippen molar-refractivity contribution in [3.05, 3.63) is 36.8 Å². The summed E-state index contributed by atoms with van der Waals surface area (Å²) < 4.78 is 0. The summed E-state index contributed by atoms with van der Waals surface area (Å²) in [5.41, 5.74) is 1.86. The van der Waals surface area contributed by atoms with Crippen molar-refractivity contribution in [3.8, 4) is 11.3 Å². The van der Waals surface area contributed by atoms with Gasteiger partial charge in [-0.25, -0.2) is 9.97 Å². The van der Waals surface area contributed by atoms with Crippen LogP contribution in [0.4, 0.5) is 5.95 Å². The SMILES string of the molecule is CNc1nccc(-c2cccnc2)n1. The van der Waals surface area contributed by atoms with E-state index in [9.17, 15) is 0 Å². The second-order valence-electron chi connectivity index (χ2n) is 2.76. The molecule has 14 heavy (non-hydrogen) atoms. The highest BCUT2D eigenvalue weighted by Gasteiger charge is 1.99. The minimum atomic E-state index is 0.617. The molecule has 0 saturated carbocycles. The van der Waals surface area contributed by atoms with Crippen LogP contribution in [-0.4, -0.2) is 22.0 Å².